The van der Waals surface area contributed by atoms with E-state index in [-0.39, 0.29) is 11.9 Å². The molecule has 5 heteroatoms. The Morgan fingerprint density at radius 2 is 1.95 bits per heavy atom. The summed E-state index contributed by atoms with van der Waals surface area (Å²) in [7, 11) is 0. The lowest BCUT2D eigenvalue weighted by Crippen LogP contribution is -2.50. The van der Waals surface area contributed by atoms with E-state index in [1.807, 2.05) is 35.7 Å². The lowest BCUT2D eigenvalue weighted by Gasteiger charge is -2.30. The van der Waals surface area contributed by atoms with E-state index in [2.05, 4.69) is 29.7 Å². The van der Waals surface area contributed by atoms with Crippen LogP contribution in [0, 0.1) is 5.92 Å². The van der Waals surface area contributed by atoms with E-state index in [1.165, 1.54) is 23.5 Å². The monoisotopic (exact) mass is 336 g/mol. The van der Waals surface area contributed by atoms with Gasteiger partial charge in [-0.2, -0.15) is 0 Å². The van der Waals surface area contributed by atoms with Gasteiger partial charge in [0, 0.05) is 18.2 Å². The molecule has 0 bridgehead atoms. The Hall–Kier alpha value is -0.650. The molecule has 2 aliphatic rings. The topological polar surface area (TPSA) is 41.1 Å². The van der Waals surface area contributed by atoms with Crippen molar-refractivity contribution in [1.29, 1.82) is 0 Å². The first-order chi connectivity index (χ1) is 10.7. The first kappa shape index (κ1) is 16.2. The van der Waals surface area contributed by atoms with E-state index in [0.29, 0.717) is 10.5 Å². The fourth-order valence-corrected chi connectivity index (χ4v) is 5.80. The third-order valence-corrected chi connectivity index (χ3v) is 7.43. The molecule has 2 fully saturated rings. The highest BCUT2D eigenvalue weighted by molar-refractivity contribution is 8.16. The van der Waals surface area contributed by atoms with Crippen LogP contribution in [0.3, 0.4) is 0 Å². The van der Waals surface area contributed by atoms with Gasteiger partial charge in [-0.3, -0.25) is 4.79 Å². The van der Waals surface area contributed by atoms with Gasteiger partial charge in [0.2, 0.25) is 0 Å². The van der Waals surface area contributed by atoms with Crippen LogP contribution in [0.2, 0.25) is 0 Å². The average molecular weight is 337 g/mol. The Morgan fingerprint density at radius 1 is 1.23 bits per heavy atom. The third kappa shape index (κ3) is 4.00. The molecule has 1 amide bonds. The van der Waals surface area contributed by atoms with Crippen LogP contribution in [-0.4, -0.2) is 36.5 Å². The number of amides is 1. The summed E-state index contributed by atoms with van der Waals surface area (Å²) in [6.45, 7) is 4.14. The third-order valence-electron chi connectivity index (χ3n) is 4.42. The van der Waals surface area contributed by atoms with Crippen molar-refractivity contribution in [2.45, 2.75) is 30.4 Å². The molecule has 3 nitrogen and oxygen atoms in total. The van der Waals surface area contributed by atoms with Crippen molar-refractivity contribution in [1.82, 2.24) is 10.6 Å². The maximum atomic E-state index is 12.4. The molecule has 2 unspecified atom stereocenters. The van der Waals surface area contributed by atoms with E-state index in [0.717, 1.165) is 25.1 Å². The Balaban J connectivity index is 1.60. The van der Waals surface area contributed by atoms with Crippen molar-refractivity contribution in [2.24, 2.45) is 5.92 Å². The maximum Gasteiger partial charge on any atom is 0.251 e. The Morgan fingerprint density at radius 3 is 2.64 bits per heavy atom. The second kappa shape index (κ2) is 7.75. The fraction of sp³-hybridized carbons (Fsp3) is 0.588. The summed E-state index contributed by atoms with van der Waals surface area (Å²) in [6, 6.07) is 8.43. The van der Waals surface area contributed by atoms with Crippen LogP contribution in [-0.2, 0) is 0 Å². The zero-order chi connectivity index (χ0) is 15.4. The average Bonchev–Trinajstić information content (AvgIpc) is 2.58. The molecular formula is C17H24N2OS2. The Labute approximate surface area is 141 Å². The number of nitrogens with one attached hydrogen (secondary N) is 2. The van der Waals surface area contributed by atoms with E-state index in [9.17, 15) is 4.79 Å². The van der Waals surface area contributed by atoms with Gasteiger partial charge in [0.25, 0.3) is 5.91 Å². The zero-order valence-corrected chi connectivity index (χ0v) is 14.6. The Bertz CT molecular complexity index is 500. The van der Waals surface area contributed by atoms with Gasteiger partial charge in [0.15, 0.2) is 0 Å². The van der Waals surface area contributed by atoms with Gasteiger partial charge in [0.05, 0.1) is 4.58 Å². The summed E-state index contributed by atoms with van der Waals surface area (Å²) in [5, 5.41) is 6.53. The van der Waals surface area contributed by atoms with Crippen LogP contribution in [0.5, 0.6) is 0 Å². The molecule has 2 atom stereocenters. The first-order valence-electron chi connectivity index (χ1n) is 8.09. The van der Waals surface area contributed by atoms with Crippen LogP contribution < -0.4 is 10.6 Å². The second-order valence-corrected chi connectivity index (χ2v) is 8.82. The molecule has 0 radical (unpaired) electrons. The summed E-state index contributed by atoms with van der Waals surface area (Å²) in [5.41, 5.74) is 2.10. The largest absolute Gasteiger partial charge is 0.348 e. The molecule has 0 saturated carbocycles. The van der Waals surface area contributed by atoms with Crippen molar-refractivity contribution in [2.75, 3.05) is 24.6 Å². The number of hydrogen-bond acceptors (Lipinski definition) is 4. The van der Waals surface area contributed by atoms with Crippen LogP contribution in [0.25, 0.3) is 0 Å². The van der Waals surface area contributed by atoms with Crippen LogP contribution in [0.4, 0.5) is 0 Å². The van der Waals surface area contributed by atoms with Gasteiger partial charge >= 0.3 is 0 Å². The minimum atomic E-state index is 0.0519. The normalized spacial score (nSPS) is 26.6. The predicted octanol–water partition coefficient (Wildman–Crippen LogP) is 3.28. The second-order valence-electron chi connectivity index (χ2n) is 6.10. The number of carbonyl (C=O) groups excluding carboxylic acids is 1. The number of thioether (sulfide) groups is 2. The molecule has 2 saturated heterocycles. The van der Waals surface area contributed by atoms with Gasteiger partial charge in [-0.1, -0.05) is 19.1 Å². The molecule has 2 N–H and O–H groups in total. The smallest absolute Gasteiger partial charge is 0.251 e. The number of hydrogen-bond donors (Lipinski definition) is 2. The van der Waals surface area contributed by atoms with Crippen LogP contribution >= 0.6 is 23.5 Å². The fourth-order valence-electron chi connectivity index (χ4n) is 2.91. The highest BCUT2D eigenvalue weighted by Crippen LogP contribution is 2.43. The molecule has 1 aromatic carbocycles. The van der Waals surface area contributed by atoms with E-state index in [4.69, 9.17) is 0 Å². The maximum absolute atomic E-state index is 12.4. The molecule has 120 valence electrons. The number of piperidine rings is 1. The molecule has 0 spiro atoms. The first-order valence-corrected chi connectivity index (χ1v) is 10.2. The van der Waals surface area contributed by atoms with Crippen molar-refractivity contribution in [3.8, 4) is 0 Å². The minimum absolute atomic E-state index is 0.0519. The minimum Gasteiger partial charge on any atom is -0.348 e. The summed E-state index contributed by atoms with van der Waals surface area (Å²) >= 11 is 4.03. The van der Waals surface area contributed by atoms with E-state index >= 15 is 0 Å². The SMILES string of the molecule is CC1CCNCC1NC(=O)c1ccc(C2SCCCS2)cc1. The number of carbonyl (C=O) groups is 1. The quantitative estimate of drug-likeness (QED) is 0.889. The Kier molecular flexibility index (Phi) is 5.71. The van der Waals surface area contributed by atoms with Gasteiger partial charge in [-0.05, 0) is 54.5 Å². The molecular weight excluding hydrogens is 312 g/mol. The van der Waals surface area contributed by atoms with E-state index < -0.39 is 0 Å². The molecule has 0 aliphatic carbocycles. The summed E-state index contributed by atoms with van der Waals surface area (Å²) < 4.78 is 0.536. The summed E-state index contributed by atoms with van der Waals surface area (Å²) in [6.07, 6.45) is 2.43. The zero-order valence-electron chi connectivity index (χ0n) is 13.0. The van der Waals surface area contributed by atoms with Crippen LogP contribution in [0.15, 0.2) is 24.3 Å². The van der Waals surface area contributed by atoms with E-state index in [1.54, 1.807) is 0 Å². The van der Waals surface area contributed by atoms with Gasteiger partial charge in [0.1, 0.15) is 0 Å². The van der Waals surface area contributed by atoms with Crippen molar-refractivity contribution < 1.29 is 4.79 Å². The number of benzene rings is 1. The highest BCUT2D eigenvalue weighted by Gasteiger charge is 2.23. The van der Waals surface area contributed by atoms with Gasteiger partial charge in [-0.15, -0.1) is 23.5 Å². The summed E-state index contributed by atoms with van der Waals surface area (Å²) in [4.78, 5) is 12.4. The lowest BCUT2D eigenvalue weighted by atomic mass is 9.94. The van der Waals surface area contributed by atoms with Crippen molar-refractivity contribution in [3.63, 3.8) is 0 Å². The van der Waals surface area contributed by atoms with Gasteiger partial charge in [-0.25, -0.2) is 0 Å². The molecule has 2 aliphatic heterocycles. The highest BCUT2D eigenvalue weighted by atomic mass is 32.2. The number of rotatable bonds is 3. The van der Waals surface area contributed by atoms with Crippen molar-refractivity contribution >= 4 is 29.4 Å². The molecule has 3 rings (SSSR count). The standard InChI is InChI=1S/C17H24N2OS2/c1-12-7-8-18-11-15(12)19-16(20)13-3-5-14(6-4-13)17-21-9-2-10-22-17/h3-6,12,15,17-18H,2,7-11H2,1H3,(H,19,20). The van der Waals surface area contributed by atoms with Crippen LogP contribution in [0.1, 0.15) is 40.3 Å². The molecule has 0 aromatic heterocycles. The molecule has 22 heavy (non-hydrogen) atoms. The predicted molar refractivity (Wildman–Crippen MR) is 96.6 cm³/mol. The summed E-state index contributed by atoms with van der Waals surface area (Å²) in [5.74, 6) is 3.08. The van der Waals surface area contributed by atoms with Gasteiger partial charge < -0.3 is 10.6 Å². The molecule has 2 heterocycles. The van der Waals surface area contributed by atoms with Crippen molar-refractivity contribution in [3.05, 3.63) is 35.4 Å². The lowest BCUT2D eigenvalue weighted by molar-refractivity contribution is 0.0915. The molecule has 1 aromatic rings.